The van der Waals surface area contributed by atoms with Crippen molar-refractivity contribution >= 4 is 22.7 Å². The van der Waals surface area contributed by atoms with Crippen molar-refractivity contribution in [3.63, 3.8) is 0 Å². The third-order valence-electron chi connectivity index (χ3n) is 6.94. The summed E-state index contributed by atoms with van der Waals surface area (Å²) in [6.45, 7) is 9.18. The highest BCUT2D eigenvalue weighted by Gasteiger charge is 2.20. The Morgan fingerprint density at radius 1 is 1.11 bits per heavy atom. The topological polar surface area (TPSA) is 119 Å². The SMILES string of the molecule is Cc1cc2nc3c(=O)[nH]c(=O)nc-3n(CCCCCCC(=O)OC(C)(C)C)c2cc1NCC1CCCC1. The number of nitrogens with zero attached hydrogens (tertiary/aromatic N) is 3. The first kappa shape index (κ1) is 26.8. The number of carbonyl (C=O) groups is 1. The number of fused-ring (bicyclic) bond motifs is 2. The van der Waals surface area contributed by atoms with Crippen LogP contribution < -0.4 is 16.6 Å². The lowest BCUT2D eigenvalue weighted by Gasteiger charge is -2.20. The predicted molar refractivity (Wildman–Crippen MR) is 145 cm³/mol. The number of esters is 1. The summed E-state index contributed by atoms with van der Waals surface area (Å²) in [6.07, 6.45) is 8.88. The van der Waals surface area contributed by atoms with Crippen LogP contribution in [0.15, 0.2) is 21.7 Å². The van der Waals surface area contributed by atoms with Gasteiger partial charge in [0.2, 0.25) is 0 Å². The molecule has 37 heavy (non-hydrogen) atoms. The number of hydrogen-bond donors (Lipinski definition) is 2. The molecule has 9 nitrogen and oxygen atoms in total. The van der Waals surface area contributed by atoms with Gasteiger partial charge >= 0.3 is 11.7 Å². The molecule has 0 spiro atoms. The van der Waals surface area contributed by atoms with Gasteiger partial charge < -0.3 is 14.6 Å². The number of unbranched alkanes of at least 4 members (excludes halogenated alkanes) is 3. The summed E-state index contributed by atoms with van der Waals surface area (Å²) in [5.41, 5.74) is 2.16. The third-order valence-corrected chi connectivity index (χ3v) is 6.94. The zero-order valence-electron chi connectivity index (χ0n) is 22.5. The first-order valence-electron chi connectivity index (χ1n) is 13.5. The molecule has 0 bridgehead atoms. The summed E-state index contributed by atoms with van der Waals surface area (Å²) in [5.74, 6) is 0.828. The van der Waals surface area contributed by atoms with Gasteiger partial charge in [0.25, 0.3) is 5.56 Å². The lowest BCUT2D eigenvalue weighted by molar-refractivity contribution is -0.154. The number of benzene rings is 1. The van der Waals surface area contributed by atoms with E-state index in [9.17, 15) is 14.4 Å². The normalized spacial score (nSPS) is 14.5. The molecule has 0 atom stereocenters. The number of aromatic nitrogens is 4. The van der Waals surface area contributed by atoms with Gasteiger partial charge in [0.15, 0.2) is 11.5 Å². The average molecular weight is 510 g/mol. The van der Waals surface area contributed by atoms with E-state index in [-0.39, 0.29) is 11.7 Å². The van der Waals surface area contributed by atoms with Gasteiger partial charge in [-0.05, 0) is 77.0 Å². The quantitative estimate of drug-likeness (QED) is 0.229. The van der Waals surface area contributed by atoms with Gasteiger partial charge in [0, 0.05) is 25.2 Å². The second-order valence-corrected chi connectivity index (χ2v) is 11.2. The van der Waals surface area contributed by atoms with E-state index >= 15 is 0 Å². The zero-order chi connectivity index (χ0) is 26.6. The zero-order valence-corrected chi connectivity index (χ0v) is 22.5. The molecule has 2 heterocycles. The number of ether oxygens (including phenoxy) is 1. The van der Waals surface area contributed by atoms with Gasteiger partial charge in [-0.25, -0.2) is 9.78 Å². The van der Waals surface area contributed by atoms with E-state index in [2.05, 4.69) is 26.3 Å². The fraction of sp³-hybridized carbons (Fsp3) is 0.607. The third kappa shape index (κ3) is 6.96. The molecule has 1 aliphatic carbocycles. The van der Waals surface area contributed by atoms with E-state index in [1.165, 1.54) is 25.7 Å². The Bertz CT molecular complexity index is 1330. The molecule has 3 aliphatic rings. The van der Waals surface area contributed by atoms with Crippen LogP contribution in [0.4, 0.5) is 5.69 Å². The molecule has 0 unspecified atom stereocenters. The monoisotopic (exact) mass is 509 g/mol. The Balaban J connectivity index is 1.53. The summed E-state index contributed by atoms with van der Waals surface area (Å²) < 4.78 is 7.33. The minimum Gasteiger partial charge on any atom is -0.460 e. The summed E-state index contributed by atoms with van der Waals surface area (Å²) in [7, 11) is 0. The summed E-state index contributed by atoms with van der Waals surface area (Å²) in [6, 6.07) is 4.07. The lowest BCUT2D eigenvalue weighted by atomic mass is 10.1. The molecule has 1 fully saturated rings. The molecule has 0 aromatic heterocycles. The van der Waals surface area contributed by atoms with Gasteiger partial charge in [-0.1, -0.05) is 25.7 Å². The molecule has 0 radical (unpaired) electrons. The smallest absolute Gasteiger partial charge is 0.349 e. The summed E-state index contributed by atoms with van der Waals surface area (Å²) >= 11 is 0. The lowest BCUT2D eigenvalue weighted by Crippen LogP contribution is -2.29. The van der Waals surface area contributed by atoms with E-state index in [1.54, 1.807) is 0 Å². The summed E-state index contributed by atoms with van der Waals surface area (Å²) in [4.78, 5) is 47.5. The highest BCUT2D eigenvalue weighted by molar-refractivity contribution is 5.84. The molecule has 4 rings (SSSR count). The number of anilines is 1. The first-order valence-corrected chi connectivity index (χ1v) is 13.5. The maximum atomic E-state index is 12.5. The number of carbonyl (C=O) groups excluding carboxylic acids is 1. The number of H-pyrrole nitrogens is 1. The minimum atomic E-state index is -0.670. The van der Waals surface area contributed by atoms with Crippen LogP contribution in [0.2, 0.25) is 0 Å². The maximum absolute atomic E-state index is 12.5. The average Bonchev–Trinajstić information content (AvgIpc) is 3.32. The Labute approximate surface area is 217 Å². The Morgan fingerprint density at radius 3 is 2.57 bits per heavy atom. The van der Waals surface area contributed by atoms with Gasteiger partial charge in [0.1, 0.15) is 5.60 Å². The van der Waals surface area contributed by atoms with Gasteiger partial charge in [-0.3, -0.25) is 14.6 Å². The molecular weight excluding hydrogens is 470 g/mol. The highest BCUT2D eigenvalue weighted by Crippen LogP contribution is 2.29. The number of aromatic amines is 1. The van der Waals surface area contributed by atoms with E-state index < -0.39 is 16.9 Å². The van der Waals surface area contributed by atoms with Crippen LogP contribution in [-0.4, -0.2) is 37.6 Å². The fourth-order valence-electron chi connectivity index (χ4n) is 5.12. The van der Waals surface area contributed by atoms with E-state index in [4.69, 9.17) is 4.74 Å². The van der Waals surface area contributed by atoms with Crippen molar-refractivity contribution in [1.29, 1.82) is 0 Å². The molecule has 200 valence electrons. The van der Waals surface area contributed by atoms with Gasteiger partial charge in [-0.15, -0.1) is 0 Å². The van der Waals surface area contributed by atoms with Crippen molar-refractivity contribution in [2.24, 2.45) is 5.92 Å². The van der Waals surface area contributed by atoms with Crippen LogP contribution in [0, 0.1) is 12.8 Å². The van der Waals surface area contributed by atoms with Gasteiger partial charge in [0.05, 0.1) is 11.0 Å². The van der Waals surface area contributed by atoms with Crippen LogP contribution in [0.25, 0.3) is 22.6 Å². The summed E-state index contributed by atoms with van der Waals surface area (Å²) in [5, 5.41) is 3.62. The predicted octanol–water partition coefficient (Wildman–Crippen LogP) is 4.79. The van der Waals surface area contributed by atoms with Crippen LogP contribution in [0.3, 0.4) is 0 Å². The second-order valence-electron chi connectivity index (χ2n) is 11.2. The van der Waals surface area contributed by atoms with E-state index in [0.717, 1.165) is 49.0 Å². The van der Waals surface area contributed by atoms with E-state index in [1.807, 2.05) is 38.3 Å². The van der Waals surface area contributed by atoms with Crippen LogP contribution >= 0.6 is 0 Å². The van der Waals surface area contributed by atoms with Crippen molar-refractivity contribution in [2.75, 3.05) is 11.9 Å². The fourth-order valence-corrected chi connectivity index (χ4v) is 5.12. The molecule has 2 aliphatic heterocycles. The van der Waals surface area contributed by atoms with Crippen LogP contribution in [0.1, 0.15) is 84.1 Å². The van der Waals surface area contributed by atoms with Crippen molar-refractivity contribution in [1.82, 2.24) is 19.5 Å². The maximum Gasteiger partial charge on any atom is 0.349 e. The minimum absolute atomic E-state index is 0.170. The molecule has 1 saturated carbocycles. The van der Waals surface area contributed by atoms with Gasteiger partial charge in [-0.2, -0.15) is 4.98 Å². The first-order chi connectivity index (χ1) is 17.6. The molecule has 1 aromatic rings. The van der Waals surface area contributed by atoms with Crippen molar-refractivity contribution in [3.05, 3.63) is 38.5 Å². The largest absolute Gasteiger partial charge is 0.460 e. The molecular formula is C28H39N5O4. The number of nitrogens with one attached hydrogen (secondary N) is 2. The number of hydrogen-bond acceptors (Lipinski definition) is 7. The molecule has 2 N–H and O–H groups in total. The van der Waals surface area contributed by atoms with E-state index in [0.29, 0.717) is 30.2 Å². The van der Waals surface area contributed by atoms with Crippen LogP contribution in [0.5, 0.6) is 0 Å². The Hall–Kier alpha value is -3.23. The van der Waals surface area contributed by atoms with Crippen LogP contribution in [-0.2, 0) is 16.1 Å². The molecule has 0 amide bonds. The van der Waals surface area contributed by atoms with Crippen molar-refractivity contribution in [3.8, 4) is 11.5 Å². The Morgan fingerprint density at radius 2 is 1.84 bits per heavy atom. The standard InChI is InChI=1S/C28H39N5O4/c1-18-15-21-22(16-20(18)29-17-19-11-8-9-12-19)33(25-24(30-21)26(35)32-27(36)31-25)14-10-6-5-7-13-23(34)37-28(2,3)4/h15-16,19,29H,5-14,17H2,1-4H3,(H,32,35,36). The molecule has 1 aromatic carbocycles. The number of rotatable bonds is 10. The highest BCUT2D eigenvalue weighted by atomic mass is 16.6. The molecule has 9 heteroatoms. The number of aryl methyl sites for hydroxylation is 2. The second kappa shape index (κ2) is 11.4. The Kier molecular flexibility index (Phi) is 8.29. The van der Waals surface area contributed by atoms with Crippen molar-refractivity contribution in [2.45, 2.75) is 97.6 Å². The molecule has 0 saturated heterocycles. The van der Waals surface area contributed by atoms with Crippen molar-refractivity contribution < 1.29 is 9.53 Å².